The molecule has 1 unspecified atom stereocenters. The van der Waals surface area contributed by atoms with E-state index in [1.165, 1.54) is 11.0 Å². The highest BCUT2D eigenvalue weighted by Gasteiger charge is 2.29. The molecule has 0 aliphatic carbocycles. The van der Waals surface area contributed by atoms with Crippen molar-refractivity contribution in [3.05, 3.63) is 28.5 Å². The van der Waals surface area contributed by atoms with Gasteiger partial charge in [-0.25, -0.2) is 9.78 Å². The summed E-state index contributed by atoms with van der Waals surface area (Å²) in [6.45, 7) is 2.53. The third-order valence-corrected chi connectivity index (χ3v) is 3.28. The zero-order valence-electron chi connectivity index (χ0n) is 11.0. The van der Waals surface area contributed by atoms with Crippen molar-refractivity contribution in [3.63, 3.8) is 0 Å². The van der Waals surface area contributed by atoms with Crippen molar-refractivity contribution in [2.75, 3.05) is 19.7 Å². The Bertz CT molecular complexity index is 535. The zero-order valence-corrected chi connectivity index (χ0v) is 11.8. The third kappa shape index (κ3) is 3.26. The number of hydrogen-bond acceptors (Lipinski definition) is 4. The van der Waals surface area contributed by atoms with Gasteiger partial charge >= 0.3 is 5.97 Å². The fraction of sp³-hybridized carbons (Fsp3) is 0.462. The van der Waals surface area contributed by atoms with Crippen molar-refractivity contribution in [2.24, 2.45) is 0 Å². The van der Waals surface area contributed by atoms with Crippen molar-refractivity contribution < 1.29 is 19.4 Å². The SMILES string of the molecule is CCc1cc(C(=O)N2CCOC(C(=O)O)C2)cc(Cl)n1. The Labute approximate surface area is 121 Å². The summed E-state index contributed by atoms with van der Waals surface area (Å²) in [7, 11) is 0. The van der Waals surface area contributed by atoms with E-state index in [0.717, 1.165) is 5.69 Å². The summed E-state index contributed by atoms with van der Waals surface area (Å²) in [6, 6.07) is 3.17. The number of nitrogens with zero attached hydrogens (tertiary/aromatic N) is 2. The maximum Gasteiger partial charge on any atom is 0.334 e. The molecule has 0 aromatic carbocycles. The number of carbonyl (C=O) groups is 2. The number of carbonyl (C=O) groups excluding carboxylic acids is 1. The lowest BCUT2D eigenvalue weighted by atomic mass is 10.1. The highest BCUT2D eigenvalue weighted by Crippen LogP contribution is 2.16. The monoisotopic (exact) mass is 298 g/mol. The molecule has 1 aromatic heterocycles. The van der Waals surface area contributed by atoms with Crippen LogP contribution in [0.4, 0.5) is 0 Å². The average Bonchev–Trinajstić information content (AvgIpc) is 2.45. The minimum absolute atomic E-state index is 0.0373. The summed E-state index contributed by atoms with van der Waals surface area (Å²) in [4.78, 5) is 28.9. The molecule has 1 aliphatic rings. The van der Waals surface area contributed by atoms with Crippen molar-refractivity contribution >= 4 is 23.5 Å². The topological polar surface area (TPSA) is 79.7 Å². The first-order valence-corrected chi connectivity index (χ1v) is 6.69. The quantitative estimate of drug-likeness (QED) is 0.849. The predicted octanol–water partition coefficient (Wildman–Crippen LogP) is 1.22. The zero-order chi connectivity index (χ0) is 14.7. The van der Waals surface area contributed by atoms with Crippen molar-refractivity contribution in [2.45, 2.75) is 19.4 Å². The number of hydrogen-bond donors (Lipinski definition) is 1. The Balaban J connectivity index is 2.18. The number of carboxylic acid groups (broad SMARTS) is 1. The van der Waals surface area contributed by atoms with Crippen LogP contribution < -0.4 is 0 Å². The van der Waals surface area contributed by atoms with Gasteiger partial charge in [0, 0.05) is 17.8 Å². The summed E-state index contributed by atoms with van der Waals surface area (Å²) < 4.78 is 5.09. The summed E-state index contributed by atoms with van der Waals surface area (Å²) in [6.07, 6.45) is -0.308. The molecule has 1 fully saturated rings. The summed E-state index contributed by atoms with van der Waals surface area (Å²) in [5, 5.41) is 9.20. The first kappa shape index (κ1) is 14.7. The van der Waals surface area contributed by atoms with E-state index in [9.17, 15) is 9.59 Å². The van der Waals surface area contributed by atoms with E-state index < -0.39 is 12.1 Å². The lowest BCUT2D eigenvalue weighted by Crippen LogP contribution is -2.48. The molecule has 20 heavy (non-hydrogen) atoms. The fourth-order valence-corrected chi connectivity index (χ4v) is 2.25. The molecular weight excluding hydrogens is 284 g/mol. The summed E-state index contributed by atoms with van der Waals surface area (Å²) >= 11 is 5.89. The first-order chi connectivity index (χ1) is 9.51. The standard InChI is InChI=1S/C13H15ClN2O4/c1-2-9-5-8(6-11(14)15-9)12(17)16-3-4-20-10(7-16)13(18)19/h5-6,10H,2-4,7H2,1H3,(H,18,19). The number of carboxylic acids is 1. The van der Waals surface area contributed by atoms with Crippen molar-refractivity contribution in [1.82, 2.24) is 9.88 Å². The van der Waals surface area contributed by atoms with Gasteiger partial charge in [0.2, 0.25) is 0 Å². The second kappa shape index (κ2) is 6.19. The van der Waals surface area contributed by atoms with Gasteiger partial charge in [-0.1, -0.05) is 18.5 Å². The van der Waals surface area contributed by atoms with E-state index in [2.05, 4.69) is 4.98 Å². The molecule has 1 N–H and O–H groups in total. The van der Waals surface area contributed by atoms with Gasteiger partial charge in [0.1, 0.15) is 5.15 Å². The number of halogens is 1. The number of morpholine rings is 1. The van der Waals surface area contributed by atoms with E-state index in [1.54, 1.807) is 6.07 Å². The maximum atomic E-state index is 12.4. The number of aromatic nitrogens is 1. The molecule has 108 valence electrons. The van der Waals surface area contributed by atoms with Gasteiger partial charge in [-0.15, -0.1) is 0 Å². The molecule has 6 nitrogen and oxygen atoms in total. The number of ether oxygens (including phenoxy) is 1. The molecule has 0 spiro atoms. The first-order valence-electron chi connectivity index (χ1n) is 6.31. The molecule has 2 heterocycles. The fourth-order valence-electron chi connectivity index (χ4n) is 2.02. The second-order valence-corrected chi connectivity index (χ2v) is 4.86. The van der Waals surface area contributed by atoms with Gasteiger partial charge in [-0.05, 0) is 18.6 Å². The Kier molecular flexibility index (Phi) is 4.57. The molecule has 0 radical (unpaired) electrons. The smallest absolute Gasteiger partial charge is 0.334 e. The van der Waals surface area contributed by atoms with Crippen LogP contribution in [0.5, 0.6) is 0 Å². The number of rotatable bonds is 3. The van der Waals surface area contributed by atoms with Crippen LogP contribution in [0.1, 0.15) is 23.0 Å². The van der Waals surface area contributed by atoms with Crippen LogP contribution in [-0.2, 0) is 16.0 Å². The summed E-state index contributed by atoms with van der Waals surface area (Å²) in [5.41, 5.74) is 1.15. The van der Waals surface area contributed by atoms with Crippen LogP contribution in [0, 0.1) is 0 Å². The predicted molar refractivity (Wildman–Crippen MR) is 71.9 cm³/mol. The van der Waals surface area contributed by atoms with E-state index in [1.807, 2.05) is 6.92 Å². The van der Waals surface area contributed by atoms with Crippen LogP contribution in [0.2, 0.25) is 5.15 Å². The second-order valence-electron chi connectivity index (χ2n) is 4.47. The van der Waals surface area contributed by atoms with Crippen molar-refractivity contribution in [3.8, 4) is 0 Å². The Morgan fingerprint density at radius 1 is 1.55 bits per heavy atom. The number of amides is 1. The molecule has 0 saturated carbocycles. The molecule has 2 rings (SSSR count). The molecular formula is C13H15ClN2O4. The maximum absolute atomic E-state index is 12.4. The lowest BCUT2D eigenvalue weighted by Gasteiger charge is -2.31. The van der Waals surface area contributed by atoms with Crippen molar-refractivity contribution in [1.29, 1.82) is 0 Å². The molecule has 1 aromatic rings. The normalized spacial score (nSPS) is 18.9. The molecule has 1 atom stereocenters. The molecule has 0 bridgehead atoms. The van der Waals surface area contributed by atoms with E-state index in [4.69, 9.17) is 21.4 Å². The van der Waals surface area contributed by atoms with Crippen LogP contribution in [-0.4, -0.2) is 52.7 Å². The number of aliphatic carboxylic acids is 1. The molecule has 1 saturated heterocycles. The Hall–Kier alpha value is -1.66. The van der Waals surface area contributed by atoms with Crippen LogP contribution >= 0.6 is 11.6 Å². The number of pyridine rings is 1. The van der Waals surface area contributed by atoms with E-state index >= 15 is 0 Å². The average molecular weight is 299 g/mol. The van der Waals surface area contributed by atoms with E-state index in [0.29, 0.717) is 18.5 Å². The molecule has 7 heteroatoms. The Morgan fingerprint density at radius 3 is 2.95 bits per heavy atom. The number of aryl methyl sites for hydroxylation is 1. The highest BCUT2D eigenvalue weighted by molar-refractivity contribution is 6.29. The minimum atomic E-state index is -1.07. The van der Waals surface area contributed by atoms with Gasteiger partial charge < -0.3 is 14.7 Å². The highest BCUT2D eigenvalue weighted by atomic mass is 35.5. The van der Waals surface area contributed by atoms with Crippen LogP contribution in [0.25, 0.3) is 0 Å². The van der Waals surface area contributed by atoms with E-state index in [-0.39, 0.29) is 24.2 Å². The van der Waals surface area contributed by atoms with Crippen LogP contribution in [0.3, 0.4) is 0 Å². The van der Waals surface area contributed by atoms with Gasteiger partial charge in [-0.2, -0.15) is 0 Å². The lowest BCUT2D eigenvalue weighted by molar-refractivity contribution is -0.154. The summed E-state index contributed by atoms with van der Waals surface area (Å²) in [5.74, 6) is -1.32. The van der Waals surface area contributed by atoms with Gasteiger partial charge in [-0.3, -0.25) is 4.79 Å². The van der Waals surface area contributed by atoms with Gasteiger partial charge in [0.05, 0.1) is 13.2 Å². The van der Waals surface area contributed by atoms with Gasteiger partial charge in [0.25, 0.3) is 5.91 Å². The Morgan fingerprint density at radius 2 is 2.30 bits per heavy atom. The molecule has 1 amide bonds. The largest absolute Gasteiger partial charge is 0.479 e. The van der Waals surface area contributed by atoms with Crippen LogP contribution in [0.15, 0.2) is 12.1 Å². The molecule has 1 aliphatic heterocycles. The minimum Gasteiger partial charge on any atom is -0.479 e. The van der Waals surface area contributed by atoms with Gasteiger partial charge in [0.15, 0.2) is 6.10 Å². The third-order valence-electron chi connectivity index (χ3n) is 3.09.